The molecular weight excluding hydrogens is 262 g/mol. The van der Waals surface area contributed by atoms with E-state index in [1.807, 2.05) is 0 Å². The predicted octanol–water partition coefficient (Wildman–Crippen LogP) is 2.76. The van der Waals surface area contributed by atoms with E-state index in [0.29, 0.717) is 10.6 Å². The number of hydrogen-bond acceptors (Lipinski definition) is 4. The molecule has 1 amide bonds. The first-order valence-electron chi connectivity index (χ1n) is 6.74. The highest BCUT2D eigenvalue weighted by molar-refractivity contribution is 7.17. The highest BCUT2D eigenvalue weighted by Gasteiger charge is 2.32. The fourth-order valence-electron chi connectivity index (χ4n) is 2.53. The maximum absolute atomic E-state index is 12.0. The van der Waals surface area contributed by atoms with Gasteiger partial charge in [-0.2, -0.15) is 0 Å². The summed E-state index contributed by atoms with van der Waals surface area (Å²) in [6.07, 6.45) is 6.10. The number of nitrogens with one attached hydrogen (secondary N) is 1. The minimum Gasteiger partial charge on any atom is -0.465 e. The molecule has 2 aliphatic rings. The smallest absolute Gasteiger partial charge is 0.341 e. The Bertz CT molecular complexity index is 531. The highest BCUT2D eigenvalue weighted by atomic mass is 32.1. The van der Waals surface area contributed by atoms with Gasteiger partial charge in [-0.05, 0) is 44.1 Å². The third-order valence-electron chi connectivity index (χ3n) is 3.75. The lowest BCUT2D eigenvalue weighted by molar-refractivity contribution is -0.117. The van der Waals surface area contributed by atoms with E-state index in [-0.39, 0.29) is 17.8 Å². The molecule has 1 fully saturated rings. The van der Waals surface area contributed by atoms with Gasteiger partial charge in [0.1, 0.15) is 5.00 Å². The number of methoxy groups -OCH3 is 1. The molecule has 1 saturated carbocycles. The lowest BCUT2D eigenvalue weighted by Crippen LogP contribution is -2.16. The maximum Gasteiger partial charge on any atom is 0.341 e. The Hall–Kier alpha value is -1.36. The quantitative estimate of drug-likeness (QED) is 0.866. The molecule has 0 spiro atoms. The van der Waals surface area contributed by atoms with E-state index in [9.17, 15) is 9.59 Å². The monoisotopic (exact) mass is 279 g/mol. The van der Waals surface area contributed by atoms with Crippen molar-refractivity contribution in [2.75, 3.05) is 12.4 Å². The summed E-state index contributed by atoms with van der Waals surface area (Å²) in [4.78, 5) is 25.1. The first-order chi connectivity index (χ1) is 9.20. The molecule has 0 aliphatic heterocycles. The second-order valence-corrected chi connectivity index (χ2v) is 6.28. The standard InChI is InChI=1S/C14H17NO3S/c1-18-14(17)11-9-4-2-3-5-10(9)19-13(11)15-12(16)8-6-7-8/h8H,2-7H2,1H3,(H,15,16). The van der Waals surface area contributed by atoms with Crippen molar-refractivity contribution in [1.82, 2.24) is 0 Å². The number of amides is 1. The number of carbonyl (C=O) groups is 2. The molecule has 0 saturated heterocycles. The van der Waals surface area contributed by atoms with Crippen molar-refractivity contribution in [3.63, 3.8) is 0 Å². The third-order valence-corrected chi connectivity index (χ3v) is 4.95. The van der Waals surface area contributed by atoms with Crippen molar-refractivity contribution in [3.8, 4) is 0 Å². The van der Waals surface area contributed by atoms with Crippen molar-refractivity contribution < 1.29 is 14.3 Å². The van der Waals surface area contributed by atoms with Crippen LogP contribution < -0.4 is 5.32 Å². The number of ether oxygens (including phenoxy) is 1. The van der Waals surface area contributed by atoms with Crippen LogP contribution in [0.1, 0.15) is 46.5 Å². The molecule has 1 N–H and O–H groups in total. The van der Waals surface area contributed by atoms with Gasteiger partial charge in [0.2, 0.25) is 5.91 Å². The number of carbonyl (C=O) groups excluding carboxylic acids is 2. The Balaban J connectivity index is 1.94. The number of rotatable bonds is 3. The summed E-state index contributed by atoms with van der Waals surface area (Å²) in [7, 11) is 1.39. The zero-order valence-corrected chi connectivity index (χ0v) is 11.8. The van der Waals surface area contributed by atoms with Crippen molar-refractivity contribution >= 4 is 28.2 Å². The molecule has 3 rings (SSSR count). The Morgan fingerprint density at radius 3 is 2.68 bits per heavy atom. The molecule has 5 heteroatoms. The fraction of sp³-hybridized carbons (Fsp3) is 0.571. The van der Waals surface area contributed by atoms with Gasteiger partial charge in [-0.1, -0.05) is 0 Å². The average Bonchev–Trinajstić information content (AvgIpc) is 3.20. The van der Waals surface area contributed by atoms with Gasteiger partial charge in [-0.15, -0.1) is 11.3 Å². The molecule has 19 heavy (non-hydrogen) atoms. The molecule has 1 heterocycles. The summed E-state index contributed by atoms with van der Waals surface area (Å²) in [5.74, 6) is -0.140. The van der Waals surface area contributed by atoms with Crippen LogP contribution in [-0.4, -0.2) is 19.0 Å². The molecule has 0 aromatic carbocycles. The van der Waals surface area contributed by atoms with E-state index < -0.39 is 0 Å². The number of thiophene rings is 1. The molecule has 102 valence electrons. The van der Waals surface area contributed by atoms with E-state index in [2.05, 4.69) is 5.32 Å². The zero-order valence-electron chi connectivity index (χ0n) is 11.0. The lowest BCUT2D eigenvalue weighted by atomic mass is 9.95. The molecule has 0 atom stereocenters. The summed E-state index contributed by atoms with van der Waals surface area (Å²) in [6.45, 7) is 0. The number of fused-ring (bicyclic) bond motifs is 1. The molecule has 2 aliphatic carbocycles. The minimum absolute atomic E-state index is 0.0451. The summed E-state index contributed by atoms with van der Waals surface area (Å²) in [5, 5.41) is 3.61. The number of aryl methyl sites for hydroxylation is 1. The maximum atomic E-state index is 12.0. The van der Waals surface area contributed by atoms with Crippen LogP contribution in [-0.2, 0) is 22.4 Å². The van der Waals surface area contributed by atoms with Crippen LogP contribution in [0.3, 0.4) is 0 Å². The van der Waals surface area contributed by atoms with Gasteiger partial charge in [0, 0.05) is 10.8 Å². The van der Waals surface area contributed by atoms with Crippen molar-refractivity contribution in [3.05, 3.63) is 16.0 Å². The van der Waals surface area contributed by atoms with Crippen LogP contribution in [0.2, 0.25) is 0 Å². The number of hydrogen-bond donors (Lipinski definition) is 1. The van der Waals surface area contributed by atoms with Crippen LogP contribution >= 0.6 is 11.3 Å². The van der Waals surface area contributed by atoms with Crippen LogP contribution in [0.25, 0.3) is 0 Å². The normalized spacial score (nSPS) is 17.7. The molecule has 0 radical (unpaired) electrons. The molecule has 0 bridgehead atoms. The lowest BCUT2D eigenvalue weighted by Gasteiger charge is -2.11. The average molecular weight is 279 g/mol. The first kappa shape index (κ1) is 12.7. The van der Waals surface area contributed by atoms with E-state index in [1.165, 1.54) is 12.0 Å². The first-order valence-corrected chi connectivity index (χ1v) is 7.56. The van der Waals surface area contributed by atoms with Gasteiger partial charge in [0.05, 0.1) is 12.7 Å². The molecular formula is C14H17NO3S. The Morgan fingerprint density at radius 2 is 2.00 bits per heavy atom. The van der Waals surface area contributed by atoms with Crippen molar-refractivity contribution in [2.45, 2.75) is 38.5 Å². The Kier molecular flexibility index (Phi) is 3.31. The van der Waals surface area contributed by atoms with Gasteiger partial charge in [-0.25, -0.2) is 4.79 Å². The summed E-state index contributed by atoms with van der Waals surface area (Å²) < 4.78 is 4.88. The highest BCUT2D eigenvalue weighted by Crippen LogP contribution is 2.39. The summed E-state index contributed by atoms with van der Waals surface area (Å²) in [6, 6.07) is 0. The molecule has 0 unspecified atom stereocenters. The Morgan fingerprint density at radius 1 is 1.26 bits per heavy atom. The summed E-state index contributed by atoms with van der Waals surface area (Å²) >= 11 is 1.55. The minimum atomic E-state index is -0.328. The number of esters is 1. The van der Waals surface area contributed by atoms with E-state index in [1.54, 1.807) is 11.3 Å². The van der Waals surface area contributed by atoms with Crippen LogP contribution in [0.15, 0.2) is 0 Å². The topological polar surface area (TPSA) is 55.4 Å². The second-order valence-electron chi connectivity index (χ2n) is 5.17. The van der Waals surface area contributed by atoms with E-state index >= 15 is 0 Å². The van der Waals surface area contributed by atoms with Crippen molar-refractivity contribution in [1.29, 1.82) is 0 Å². The SMILES string of the molecule is COC(=O)c1c(NC(=O)C2CC2)sc2c1CCCC2. The summed E-state index contributed by atoms with van der Waals surface area (Å²) in [5.41, 5.74) is 1.69. The van der Waals surface area contributed by atoms with Gasteiger partial charge in [0.15, 0.2) is 0 Å². The third kappa shape index (κ3) is 2.39. The molecule has 1 aromatic rings. The molecule has 4 nitrogen and oxygen atoms in total. The molecule has 1 aromatic heterocycles. The number of anilines is 1. The zero-order chi connectivity index (χ0) is 13.4. The van der Waals surface area contributed by atoms with Crippen LogP contribution in [0.5, 0.6) is 0 Å². The van der Waals surface area contributed by atoms with E-state index in [0.717, 1.165) is 44.1 Å². The second kappa shape index (κ2) is 4.96. The van der Waals surface area contributed by atoms with Gasteiger partial charge < -0.3 is 10.1 Å². The van der Waals surface area contributed by atoms with Gasteiger partial charge in [-0.3, -0.25) is 4.79 Å². The van der Waals surface area contributed by atoms with Crippen LogP contribution in [0, 0.1) is 5.92 Å². The Labute approximate surface area is 116 Å². The van der Waals surface area contributed by atoms with E-state index in [4.69, 9.17) is 4.74 Å². The van der Waals surface area contributed by atoms with Gasteiger partial charge >= 0.3 is 5.97 Å². The van der Waals surface area contributed by atoms with Crippen molar-refractivity contribution in [2.24, 2.45) is 5.92 Å². The van der Waals surface area contributed by atoms with Crippen LogP contribution in [0.4, 0.5) is 5.00 Å². The fourth-order valence-corrected chi connectivity index (χ4v) is 3.81. The largest absolute Gasteiger partial charge is 0.465 e. The predicted molar refractivity (Wildman–Crippen MR) is 73.7 cm³/mol. The van der Waals surface area contributed by atoms with Gasteiger partial charge in [0.25, 0.3) is 0 Å².